The van der Waals surface area contributed by atoms with Crippen LogP contribution in [0.25, 0.3) is 0 Å². The first-order valence-corrected chi connectivity index (χ1v) is 9.44. The molecule has 0 aliphatic rings. The van der Waals surface area contributed by atoms with Gasteiger partial charge in [0.2, 0.25) is 0 Å². The second-order valence-electron chi connectivity index (χ2n) is 5.04. The second-order valence-corrected chi connectivity index (χ2v) is 9.16. The lowest BCUT2D eigenvalue weighted by Gasteiger charge is -2.12. The standard InChI is InChI=1S/C12H28OSi/c1-4-5-6-7-8-9-10-11-12-14(2,3)13/h13H,4-12H2,1-3H3. The van der Waals surface area contributed by atoms with E-state index in [1.54, 1.807) is 0 Å². The van der Waals surface area contributed by atoms with Crippen LogP contribution in [0.1, 0.15) is 58.3 Å². The monoisotopic (exact) mass is 216 g/mol. The van der Waals surface area contributed by atoms with Gasteiger partial charge in [0.25, 0.3) is 0 Å². The molecule has 0 saturated heterocycles. The maximum absolute atomic E-state index is 9.63. The molecule has 0 unspecified atom stereocenters. The van der Waals surface area contributed by atoms with Gasteiger partial charge in [-0.3, -0.25) is 0 Å². The van der Waals surface area contributed by atoms with Crippen LogP contribution in [0.2, 0.25) is 19.1 Å². The Balaban J connectivity index is 2.99. The molecule has 1 N–H and O–H groups in total. The van der Waals surface area contributed by atoms with Gasteiger partial charge in [-0.15, -0.1) is 0 Å². The molecule has 0 spiro atoms. The summed E-state index contributed by atoms with van der Waals surface area (Å²) in [5.74, 6) is 0. The molecule has 0 aromatic carbocycles. The summed E-state index contributed by atoms with van der Waals surface area (Å²) >= 11 is 0. The van der Waals surface area contributed by atoms with Crippen LogP contribution in [0.15, 0.2) is 0 Å². The van der Waals surface area contributed by atoms with Gasteiger partial charge in [-0.25, -0.2) is 0 Å². The first-order valence-electron chi connectivity index (χ1n) is 6.28. The van der Waals surface area contributed by atoms with E-state index in [0.717, 1.165) is 6.04 Å². The van der Waals surface area contributed by atoms with E-state index >= 15 is 0 Å². The van der Waals surface area contributed by atoms with E-state index in [1.807, 2.05) is 13.1 Å². The molecule has 0 aliphatic carbocycles. The average molecular weight is 216 g/mol. The molecule has 0 amide bonds. The van der Waals surface area contributed by atoms with Gasteiger partial charge in [0.1, 0.15) is 0 Å². The number of hydrogen-bond donors (Lipinski definition) is 1. The fourth-order valence-electron chi connectivity index (χ4n) is 1.69. The highest BCUT2D eigenvalue weighted by molar-refractivity contribution is 6.69. The van der Waals surface area contributed by atoms with Gasteiger partial charge in [0.05, 0.1) is 0 Å². The fourth-order valence-corrected chi connectivity index (χ4v) is 2.81. The summed E-state index contributed by atoms with van der Waals surface area (Å²) in [5, 5.41) is 0. The van der Waals surface area contributed by atoms with E-state index in [0.29, 0.717) is 0 Å². The summed E-state index contributed by atoms with van der Waals surface area (Å²) in [6.07, 6.45) is 10.9. The molecule has 0 aliphatic heterocycles. The van der Waals surface area contributed by atoms with Crippen molar-refractivity contribution in [2.75, 3.05) is 0 Å². The van der Waals surface area contributed by atoms with Crippen LogP contribution < -0.4 is 0 Å². The highest BCUT2D eigenvalue weighted by atomic mass is 28.4. The number of unbranched alkanes of at least 4 members (excludes halogenated alkanes) is 7. The number of rotatable bonds is 9. The van der Waals surface area contributed by atoms with E-state index in [-0.39, 0.29) is 0 Å². The minimum Gasteiger partial charge on any atom is -0.432 e. The molecule has 86 valence electrons. The Morgan fingerprint density at radius 3 is 1.64 bits per heavy atom. The Morgan fingerprint density at radius 1 is 0.786 bits per heavy atom. The highest BCUT2D eigenvalue weighted by Crippen LogP contribution is 2.14. The van der Waals surface area contributed by atoms with Crippen molar-refractivity contribution in [3.8, 4) is 0 Å². The number of hydrogen-bond acceptors (Lipinski definition) is 1. The van der Waals surface area contributed by atoms with Gasteiger partial charge in [-0.05, 0) is 19.1 Å². The summed E-state index contributed by atoms with van der Waals surface area (Å²) in [6.45, 7) is 6.33. The van der Waals surface area contributed by atoms with Gasteiger partial charge < -0.3 is 4.80 Å². The summed E-state index contributed by atoms with van der Waals surface area (Å²) in [4.78, 5) is 9.63. The minimum atomic E-state index is -1.74. The second kappa shape index (κ2) is 8.48. The lowest BCUT2D eigenvalue weighted by atomic mass is 10.1. The zero-order chi connectivity index (χ0) is 10.9. The molecule has 0 heterocycles. The van der Waals surface area contributed by atoms with E-state index in [4.69, 9.17) is 0 Å². The average Bonchev–Trinajstić information content (AvgIpc) is 2.08. The highest BCUT2D eigenvalue weighted by Gasteiger charge is 2.14. The van der Waals surface area contributed by atoms with Crippen molar-refractivity contribution < 1.29 is 4.80 Å². The van der Waals surface area contributed by atoms with E-state index < -0.39 is 8.32 Å². The molecular weight excluding hydrogens is 188 g/mol. The van der Waals surface area contributed by atoms with Crippen molar-refractivity contribution in [1.82, 2.24) is 0 Å². The zero-order valence-electron chi connectivity index (χ0n) is 10.3. The molecule has 2 heteroatoms. The summed E-state index contributed by atoms with van der Waals surface area (Å²) < 4.78 is 0. The molecule has 0 saturated carbocycles. The lowest BCUT2D eigenvalue weighted by Crippen LogP contribution is -2.23. The molecule has 0 rings (SSSR count). The molecule has 0 radical (unpaired) electrons. The fraction of sp³-hybridized carbons (Fsp3) is 1.00. The van der Waals surface area contributed by atoms with Crippen LogP contribution in [-0.2, 0) is 0 Å². The van der Waals surface area contributed by atoms with Gasteiger partial charge in [0, 0.05) is 0 Å². The van der Waals surface area contributed by atoms with Gasteiger partial charge >= 0.3 is 0 Å². The Labute approximate surface area is 91.1 Å². The minimum absolute atomic E-state index is 1.09. The van der Waals surface area contributed by atoms with Gasteiger partial charge in [-0.2, -0.15) is 0 Å². The normalized spacial score (nSPS) is 12.0. The van der Waals surface area contributed by atoms with Crippen molar-refractivity contribution >= 4 is 8.32 Å². The SMILES string of the molecule is CCCCCCCCCC[Si](C)(C)O. The molecule has 0 atom stereocenters. The van der Waals surface area contributed by atoms with E-state index in [2.05, 4.69) is 6.92 Å². The first-order chi connectivity index (χ1) is 6.56. The van der Waals surface area contributed by atoms with Crippen molar-refractivity contribution in [3.63, 3.8) is 0 Å². The maximum Gasteiger partial charge on any atom is 0.182 e. The predicted octanol–water partition coefficient (Wildman–Crippen LogP) is 4.32. The van der Waals surface area contributed by atoms with Crippen molar-refractivity contribution in [3.05, 3.63) is 0 Å². The summed E-state index contributed by atoms with van der Waals surface area (Å²) in [6, 6.07) is 1.09. The van der Waals surface area contributed by atoms with Crippen LogP contribution in [-0.4, -0.2) is 13.1 Å². The predicted molar refractivity (Wildman–Crippen MR) is 67.1 cm³/mol. The Bertz CT molecular complexity index is 118. The topological polar surface area (TPSA) is 20.2 Å². The van der Waals surface area contributed by atoms with Crippen LogP contribution in [0, 0.1) is 0 Å². The van der Waals surface area contributed by atoms with Gasteiger partial charge in [0.15, 0.2) is 8.32 Å². The quantitative estimate of drug-likeness (QED) is 0.449. The summed E-state index contributed by atoms with van der Waals surface area (Å²) in [7, 11) is -1.74. The molecule has 14 heavy (non-hydrogen) atoms. The zero-order valence-corrected chi connectivity index (χ0v) is 11.3. The Morgan fingerprint density at radius 2 is 1.21 bits per heavy atom. The largest absolute Gasteiger partial charge is 0.432 e. The van der Waals surface area contributed by atoms with Crippen LogP contribution in [0.3, 0.4) is 0 Å². The smallest absolute Gasteiger partial charge is 0.182 e. The van der Waals surface area contributed by atoms with E-state index in [1.165, 1.54) is 51.4 Å². The van der Waals surface area contributed by atoms with E-state index in [9.17, 15) is 4.80 Å². The molecule has 1 nitrogen and oxygen atoms in total. The molecule has 0 bridgehead atoms. The Hall–Kier alpha value is 0.177. The van der Waals surface area contributed by atoms with Crippen LogP contribution >= 0.6 is 0 Å². The third-order valence-electron chi connectivity index (χ3n) is 2.64. The van der Waals surface area contributed by atoms with Crippen molar-refractivity contribution in [2.24, 2.45) is 0 Å². The molecular formula is C12H28OSi. The summed E-state index contributed by atoms with van der Waals surface area (Å²) in [5.41, 5.74) is 0. The third-order valence-corrected chi connectivity index (χ3v) is 4.22. The molecule has 0 fully saturated rings. The Kier molecular flexibility index (Phi) is 8.59. The third kappa shape index (κ3) is 12.2. The molecule has 0 aromatic heterocycles. The first kappa shape index (κ1) is 14.2. The van der Waals surface area contributed by atoms with Crippen LogP contribution in [0.5, 0.6) is 0 Å². The molecule has 0 aromatic rings. The van der Waals surface area contributed by atoms with Gasteiger partial charge in [-0.1, -0.05) is 58.3 Å². The van der Waals surface area contributed by atoms with Crippen molar-refractivity contribution in [2.45, 2.75) is 77.4 Å². The van der Waals surface area contributed by atoms with Crippen molar-refractivity contribution in [1.29, 1.82) is 0 Å². The maximum atomic E-state index is 9.63. The lowest BCUT2D eigenvalue weighted by molar-refractivity contribution is 0.533. The van der Waals surface area contributed by atoms with Crippen LogP contribution in [0.4, 0.5) is 0 Å².